The molecule has 1 fully saturated rings. The van der Waals surface area contributed by atoms with E-state index in [1.54, 1.807) is 6.08 Å². The lowest BCUT2D eigenvalue weighted by molar-refractivity contribution is -0.141. The summed E-state index contributed by atoms with van der Waals surface area (Å²) in [6.07, 6.45) is 2.28. The van der Waals surface area contributed by atoms with Crippen molar-refractivity contribution in [3.63, 3.8) is 0 Å². The molecule has 1 heterocycles. The Morgan fingerprint density at radius 1 is 1.36 bits per heavy atom. The molecular weight excluding hydrogens is 176 g/mol. The summed E-state index contributed by atoms with van der Waals surface area (Å²) >= 11 is 0. The number of hydrogen-bond acceptors (Lipinski definition) is 2. The molecule has 0 radical (unpaired) electrons. The second-order valence-corrected chi connectivity index (χ2v) is 3.41. The van der Waals surface area contributed by atoms with E-state index in [1.807, 2.05) is 30.3 Å². The van der Waals surface area contributed by atoms with Crippen LogP contribution in [0, 0.1) is 0 Å². The van der Waals surface area contributed by atoms with Crippen molar-refractivity contribution in [2.24, 2.45) is 0 Å². The molecule has 0 amide bonds. The van der Waals surface area contributed by atoms with Crippen LogP contribution in [-0.4, -0.2) is 12.1 Å². The van der Waals surface area contributed by atoms with Crippen molar-refractivity contribution >= 4 is 5.97 Å². The van der Waals surface area contributed by atoms with Crippen LogP contribution in [0.15, 0.2) is 43.0 Å². The van der Waals surface area contributed by atoms with Gasteiger partial charge in [0.05, 0.1) is 5.92 Å². The van der Waals surface area contributed by atoms with E-state index in [-0.39, 0.29) is 18.0 Å². The minimum atomic E-state index is -0.138. The maximum absolute atomic E-state index is 11.5. The smallest absolute Gasteiger partial charge is 0.314 e. The number of ether oxygens (including phenoxy) is 1. The molecule has 0 saturated carbocycles. The van der Waals surface area contributed by atoms with Crippen LogP contribution in [0.4, 0.5) is 0 Å². The zero-order valence-electron chi connectivity index (χ0n) is 7.85. The monoisotopic (exact) mass is 188 g/mol. The van der Waals surface area contributed by atoms with Gasteiger partial charge in [-0.05, 0) is 5.56 Å². The van der Waals surface area contributed by atoms with Gasteiger partial charge in [0.1, 0.15) is 6.10 Å². The Hall–Kier alpha value is -1.57. The number of benzene rings is 1. The summed E-state index contributed by atoms with van der Waals surface area (Å²) in [6.45, 7) is 3.63. The number of rotatable bonds is 2. The van der Waals surface area contributed by atoms with Crippen molar-refractivity contribution in [1.82, 2.24) is 0 Å². The number of carbonyl (C=O) groups excluding carboxylic acids is 1. The number of hydrogen-bond donors (Lipinski definition) is 0. The van der Waals surface area contributed by atoms with Crippen LogP contribution < -0.4 is 0 Å². The minimum Gasteiger partial charge on any atom is -0.458 e. The maximum Gasteiger partial charge on any atom is 0.314 e. The zero-order chi connectivity index (χ0) is 9.97. The molecule has 0 N–H and O–H groups in total. The SMILES string of the molecule is C=C[C@@H]1C[C@@H](c2ccccc2)C(=O)O1. The van der Waals surface area contributed by atoms with Gasteiger partial charge < -0.3 is 4.74 Å². The normalized spacial score (nSPS) is 25.9. The molecule has 2 atom stereocenters. The first-order chi connectivity index (χ1) is 6.81. The van der Waals surface area contributed by atoms with E-state index >= 15 is 0 Å². The molecular formula is C12H12O2. The van der Waals surface area contributed by atoms with Crippen molar-refractivity contribution in [1.29, 1.82) is 0 Å². The van der Waals surface area contributed by atoms with Gasteiger partial charge in [0.15, 0.2) is 0 Å². The van der Waals surface area contributed by atoms with Gasteiger partial charge in [-0.2, -0.15) is 0 Å². The van der Waals surface area contributed by atoms with E-state index in [1.165, 1.54) is 0 Å². The quantitative estimate of drug-likeness (QED) is 0.525. The molecule has 2 nitrogen and oxygen atoms in total. The van der Waals surface area contributed by atoms with E-state index in [4.69, 9.17) is 4.74 Å². The molecule has 1 aromatic rings. The Bertz CT molecular complexity index is 343. The van der Waals surface area contributed by atoms with E-state index in [0.717, 1.165) is 5.56 Å². The van der Waals surface area contributed by atoms with Crippen molar-refractivity contribution < 1.29 is 9.53 Å². The highest BCUT2D eigenvalue weighted by molar-refractivity contribution is 5.80. The van der Waals surface area contributed by atoms with Gasteiger partial charge >= 0.3 is 5.97 Å². The van der Waals surface area contributed by atoms with Gasteiger partial charge in [-0.1, -0.05) is 43.0 Å². The van der Waals surface area contributed by atoms with Crippen LogP contribution in [0.2, 0.25) is 0 Å². The number of cyclic esters (lactones) is 1. The van der Waals surface area contributed by atoms with Crippen molar-refractivity contribution in [2.75, 3.05) is 0 Å². The Kier molecular flexibility index (Phi) is 2.35. The molecule has 14 heavy (non-hydrogen) atoms. The molecule has 2 heteroatoms. The van der Waals surface area contributed by atoms with Crippen LogP contribution in [0.25, 0.3) is 0 Å². The highest BCUT2D eigenvalue weighted by atomic mass is 16.5. The average molecular weight is 188 g/mol. The van der Waals surface area contributed by atoms with Gasteiger partial charge in [0.2, 0.25) is 0 Å². The summed E-state index contributed by atoms with van der Waals surface area (Å²) in [6, 6.07) is 9.72. The zero-order valence-corrected chi connectivity index (χ0v) is 7.85. The number of carbonyl (C=O) groups is 1. The Balaban J connectivity index is 2.21. The molecule has 2 rings (SSSR count). The predicted molar refractivity (Wildman–Crippen MR) is 53.9 cm³/mol. The standard InChI is InChI=1S/C12H12O2/c1-2-10-8-11(12(13)14-10)9-6-4-3-5-7-9/h2-7,10-11H,1,8H2/t10-,11+/m1/s1. The first-order valence-electron chi connectivity index (χ1n) is 4.69. The first-order valence-corrected chi connectivity index (χ1v) is 4.69. The van der Waals surface area contributed by atoms with Crippen molar-refractivity contribution in [3.8, 4) is 0 Å². The number of esters is 1. The van der Waals surface area contributed by atoms with Gasteiger partial charge in [0, 0.05) is 6.42 Å². The third-order valence-electron chi connectivity index (χ3n) is 2.48. The molecule has 72 valence electrons. The molecule has 1 aliphatic rings. The fourth-order valence-corrected chi connectivity index (χ4v) is 1.71. The van der Waals surface area contributed by atoms with Crippen LogP contribution in [0.5, 0.6) is 0 Å². The molecule has 0 unspecified atom stereocenters. The molecule has 1 aromatic carbocycles. The maximum atomic E-state index is 11.5. The van der Waals surface area contributed by atoms with Crippen molar-refractivity contribution in [3.05, 3.63) is 48.6 Å². The molecule has 1 aliphatic heterocycles. The highest BCUT2D eigenvalue weighted by Crippen LogP contribution is 2.30. The highest BCUT2D eigenvalue weighted by Gasteiger charge is 2.33. The Morgan fingerprint density at radius 2 is 2.07 bits per heavy atom. The Labute approximate surface area is 83.2 Å². The van der Waals surface area contributed by atoms with Gasteiger partial charge in [-0.3, -0.25) is 4.79 Å². The molecule has 1 saturated heterocycles. The van der Waals surface area contributed by atoms with E-state index in [2.05, 4.69) is 6.58 Å². The first kappa shape index (κ1) is 9.00. The summed E-state index contributed by atoms with van der Waals surface area (Å²) < 4.78 is 5.12. The lowest BCUT2D eigenvalue weighted by Crippen LogP contribution is -2.05. The third kappa shape index (κ3) is 1.55. The molecule has 0 aromatic heterocycles. The largest absolute Gasteiger partial charge is 0.458 e. The van der Waals surface area contributed by atoms with Gasteiger partial charge in [-0.15, -0.1) is 0 Å². The summed E-state index contributed by atoms with van der Waals surface area (Å²) in [4.78, 5) is 11.5. The van der Waals surface area contributed by atoms with Gasteiger partial charge in [0.25, 0.3) is 0 Å². The van der Waals surface area contributed by atoms with E-state index in [0.29, 0.717) is 6.42 Å². The van der Waals surface area contributed by atoms with Crippen LogP contribution >= 0.6 is 0 Å². The summed E-state index contributed by atoms with van der Waals surface area (Å²) in [5.41, 5.74) is 1.03. The second-order valence-electron chi connectivity index (χ2n) is 3.41. The van der Waals surface area contributed by atoms with Crippen LogP contribution in [0.1, 0.15) is 17.9 Å². The van der Waals surface area contributed by atoms with Crippen LogP contribution in [0.3, 0.4) is 0 Å². The fraction of sp³-hybridized carbons (Fsp3) is 0.250. The van der Waals surface area contributed by atoms with E-state index in [9.17, 15) is 4.79 Å². The van der Waals surface area contributed by atoms with E-state index < -0.39 is 0 Å². The molecule has 0 bridgehead atoms. The summed E-state index contributed by atoms with van der Waals surface area (Å²) in [7, 11) is 0. The lowest BCUT2D eigenvalue weighted by Gasteiger charge is -2.03. The molecule has 0 aliphatic carbocycles. The fourth-order valence-electron chi connectivity index (χ4n) is 1.71. The third-order valence-corrected chi connectivity index (χ3v) is 2.48. The average Bonchev–Trinajstić information content (AvgIpc) is 2.61. The predicted octanol–water partition coefficient (Wildman–Crippen LogP) is 2.27. The summed E-state index contributed by atoms with van der Waals surface area (Å²) in [5, 5.41) is 0. The van der Waals surface area contributed by atoms with Crippen LogP contribution in [-0.2, 0) is 9.53 Å². The van der Waals surface area contributed by atoms with Crippen molar-refractivity contribution in [2.45, 2.75) is 18.4 Å². The summed E-state index contributed by atoms with van der Waals surface area (Å²) in [5.74, 6) is -0.250. The minimum absolute atomic E-state index is 0.112. The molecule has 0 spiro atoms. The van der Waals surface area contributed by atoms with Gasteiger partial charge in [-0.25, -0.2) is 0 Å². The second kappa shape index (κ2) is 3.66. The lowest BCUT2D eigenvalue weighted by atomic mass is 9.96. The topological polar surface area (TPSA) is 26.3 Å². The Morgan fingerprint density at radius 3 is 2.64 bits per heavy atom.